The fourth-order valence-electron chi connectivity index (χ4n) is 2.21. The van der Waals surface area contributed by atoms with E-state index in [9.17, 15) is 13.6 Å². The maximum atomic E-state index is 13.7. The van der Waals surface area contributed by atoms with Crippen LogP contribution in [0.1, 0.15) is 21.5 Å². The monoisotopic (exact) mass is 282 g/mol. The summed E-state index contributed by atoms with van der Waals surface area (Å²) in [7, 11) is 0. The van der Waals surface area contributed by atoms with Crippen LogP contribution >= 0.6 is 0 Å². The highest BCUT2D eigenvalue weighted by molar-refractivity contribution is 6.16. The molecule has 1 heterocycles. The van der Waals surface area contributed by atoms with Crippen LogP contribution in [-0.2, 0) is 0 Å². The Bertz CT molecular complexity index is 906. The van der Waals surface area contributed by atoms with E-state index in [1.807, 2.05) is 6.07 Å². The molecule has 0 bridgehead atoms. The second kappa shape index (κ2) is 4.84. The number of carbonyl (C=O) groups is 1. The topological polar surface area (TPSA) is 56.6 Å². The normalized spacial score (nSPS) is 10.5. The zero-order chi connectivity index (χ0) is 15.0. The number of rotatable bonds is 2. The molecule has 0 spiro atoms. The van der Waals surface area contributed by atoms with Crippen LogP contribution in [0.4, 0.5) is 8.78 Å². The first-order valence-electron chi connectivity index (χ1n) is 6.12. The van der Waals surface area contributed by atoms with Gasteiger partial charge in [0.2, 0.25) is 0 Å². The summed E-state index contributed by atoms with van der Waals surface area (Å²) >= 11 is 0. The van der Waals surface area contributed by atoms with Crippen LogP contribution < -0.4 is 0 Å². The van der Waals surface area contributed by atoms with Crippen molar-refractivity contribution >= 4 is 16.7 Å². The molecule has 102 valence electrons. The fraction of sp³-hybridized carbons (Fsp3) is 0. The molecule has 0 unspecified atom stereocenters. The molecular formula is C16H8F2N2O. The second-order valence-electron chi connectivity index (χ2n) is 4.51. The second-order valence-corrected chi connectivity index (χ2v) is 4.51. The maximum absolute atomic E-state index is 13.7. The molecule has 0 fully saturated rings. The standard InChI is InChI=1S/C16H8F2N2O/c17-13-3-1-2-11(15(13)18)16(21)12-8-20-14-6-9(7-19)4-5-10(12)14/h1-6,8,20H. The van der Waals surface area contributed by atoms with Crippen molar-refractivity contribution in [3.05, 3.63) is 70.9 Å². The summed E-state index contributed by atoms with van der Waals surface area (Å²) in [5, 5.41) is 9.39. The highest BCUT2D eigenvalue weighted by atomic mass is 19.2. The van der Waals surface area contributed by atoms with Crippen LogP contribution in [0.5, 0.6) is 0 Å². The fourth-order valence-corrected chi connectivity index (χ4v) is 2.21. The summed E-state index contributed by atoms with van der Waals surface area (Å²) in [6.45, 7) is 0. The number of nitrogens with one attached hydrogen (secondary N) is 1. The molecule has 0 radical (unpaired) electrons. The minimum Gasteiger partial charge on any atom is -0.360 e. The van der Waals surface area contributed by atoms with Crippen molar-refractivity contribution in [1.82, 2.24) is 4.98 Å². The van der Waals surface area contributed by atoms with Crippen molar-refractivity contribution in [2.24, 2.45) is 0 Å². The molecule has 5 heteroatoms. The number of benzene rings is 2. The number of carbonyl (C=O) groups excluding carboxylic acids is 1. The van der Waals surface area contributed by atoms with Crippen molar-refractivity contribution in [3.8, 4) is 6.07 Å². The van der Waals surface area contributed by atoms with Gasteiger partial charge in [0, 0.05) is 22.7 Å². The molecule has 0 saturated heterocycles. The van der Waals surface area contributed by atoms with E-state index < -0.39 is 17.4 Å². The minimum absolute atomic E-state index is 0.235. The summed E-state index contributed by atoms with van der Waals surface area (Å²) in [5.74, 6) is -2.83. The molecule has 0 aliphatic rings. The SMILES string of the molecule is N#Cc1ccc2c(C(=O)c3cccc(F)c3F)c[nH]c2c1. The van der Waals surface area contributed by atoms with Crippen LogP contribution in [0.2, 0.25) is 0 Å². The van der Waals surface area contributed by atoms with Crippen LogP contribution in [0.15, 0.2) is 42.6 Å². The highest BCUT2D eigenvalue weighted by Crippen LogP contribution is 2.23. The van der Waals surface area contributed by atoms with Crippen LogP contribution in [0, 0.1) is 23.0 Å². The quantitative estimate of drug-likeness (QED) is 0.731. The predicted octanol–water partition coefficient (Wildman–Crippen LogP) is 3.55. The van der Waals surface area contributed by atoms with E-state index in [4.69, 9.17) is 5.26 Å². The largest absolute Gasteiger partial charge is 0.360 e. The smallest absolute Gasteiger partial charge is 0.198 e. The molecule has 3 aromatic rings. The number of hydrogen-bond donors (Lipinski definition) is 1. The molecular weight excluding hydrogens is 274 g/mol. The van der Waals surface area contributed by atoms with Gasteiger partial charge in [-0.15, -0.1) is 0 Å². The van der Waals surface area contributed by atoms with E-state index >= 15 is 0 Å². The molecule has 3 nitrogen and oxygen atoms in total. The van der Waals surface area contributed by atoms with E-state index in [0.29, 0.717) is 16.5 Å². The molecule has 0 saturated carbocycles. The van der Waals surface area contributed by atoms with Gasteiger partial charge in [-0.2, -0.15) is 5.26 Å². The first-order valence-corrected chi connectivity index (χ1v) is 6.12. The number of ketones is 1. The Hall–Kier alpha value is -3.00. The van der Waals surface area contributed by atoms with E-state index in [1.54, 1.807) is 18.2 Å². The lowest BCUT2D eigenvalue weighted by molar-refractivity contribution is 0.103. The number of aromatic nitrogens is 1. The third-order valence-corrected chi connectivity index (χ3v) is 3.25. The lowest BCUT2D eigenvalue weighted by Gasteiger charge is -2.02. The Labute approximate surface area is 118 Å². The molecule has 0 aliphatic heterocycles. The predicted molar refractivity (Wildman–Crippen MR) is 72.8 cm³/mol. The van der Waals surface area contributed by atoms with Gasteiger partial charge in [-0.25, -0.2) is 8.78 Å². The van der Waals surface area contributed by atoms with Crippen LogP contribution in [0.3, 0.4) is 0 Å². The van der Waals surface area contributed by atoms with Gasteiger partial charge in [0.15, 0.2) is 17.4 Å². The maximum Gasteiger partial charge on any atom is 0.198 e. The Morgan fingerprint density at radius 1 is 1.14 bits per heavy atom. The molecule has 21 heavy (non-hydrogen) atoms. The van der Waals surface area contributed by atoms with Gasteiger partial charge in [0.25, 0.3) is 0 Å². The number of nitriles is 1. The van der Waals surface area contributed by atoms with Crippen molar-refractivity contribution in [3.63, 3.8) is 0 Å². The van der Waals surface area contributed by atoms with Crippen molar-refractivity contribution in [2.75, 3.05) is 0 Å². The Balaban J connectivity index is 2.15. The first kappa shape index (κ1) is 13.0. The van der Waals surface area contributed by atoms with E-state index in [1.165, 1.54) is 18.3 Å². The third-order valence-electron chi connectivity index (χ3n) is 3.25. The average molecular weight is 282 g/mol. The summed E-state index contributed by atoms with van der Waals surface area (Å²) in [6, 6.07) is 10.2. The summed E-state index contributed by atoms with van der Waals surface area (Å²) in [4.78, 5) is 15.2. The lowest BCUT2D eigenvalue weighted by atomic mass is 10.0. The molecule has 3 rings (SSSR count). The van der Waals surface area contributed by atoms with Gasteiger partial charge in [-0.05, 0) is 24.3 Å². The van der Waals surface area contributed by atoms with Crippen molar-refractivity contribution in [2.45, 2.75) is 0 Å². The van der Waals surface area contributed by atoms with Crippen LogP contribution in [0.25, 0.3) is 10.9 Å². The van der Waals surface area contributed by atoms with Gasteiger partial charge in [0.1, 0.15) is 0 Å². The Morgan fingerprint density at radius 2 is 1.95 bits per heavy atom. The van der Waals surface area contributed by atoms with Gasteiger partial charge in [-0.3, -0.25) is 4.79 Å². The zero-order valence-electron chi connectivity index (χ0n) is 10.7. The van der Waals surface area contributed by atoms with E-state index in [-0.39, 0.29) is 11.1 Å². The van der Waals surface area contributed by atoms with Crippen molar-refractivity contribution in [1.29, 1.82) is 5.26 Å². The summed E-state index contributed by atoms with van der Waals surface area (Å²) < 4.78 is 26.9. The molecule has 2 aromatic carbocycles. The van der Waals surface area contributed by atoms with Gasteiger partial charge < -0.3 is 4.98 Å². The average Bonchev–Trinajstić information content (AvgIpc) is 2.92. The van der Waals surface area contributed by atoms with Gasteiger partial charge in [-0.1, -0.05) is 12.1 Å². The number of aromatic amines is 1. The van der Waals surface area contributed by atoms with Gasteiger partial charge >= 0.3 is 0 Å². The first-order chi connectivity index (χ1) is 10.1. The van der Waals surface area contributed by atoms with Crippen LogP contribution in [-0.4, -0.2) is 10.8 Å². The van der Waals surface area contributed by atoms with E-state index in [2.05, 4.69) is 4.98 Å². The van der Waals surface area contributed by atoms with Crippen molar-refractivity contribution < 1.29 is 13.6 Å². The van der Waals surface area contributed by atoms with E-state index in [0.717, 1.165) is 6.07 Å². The molecule has 0 aliphatic carbocycles. The number of H-pyrrole nitrogens is 1. The summed E-state index contributed by atoms with van der Waals surface area (Å²) in [5.41, 5.74) is 0.953. The highest BCUT2D eigenvalue weighted by Gasteiger charge is 2.19. The number of halogens is 2. The number of nitrogens with zero attached hydrogens (tertiary/aromatic N) is 1. The Kier molecular flexibility index (Phi) is 2.99. The number of hydrogen-bond acceptors (Lipinski definition) is 2. The lowest BCUT2D eigenvalue weighted by Crippen LogP contribution is -2.05. The number of fused-ring (bicyclic) bond motifs is 1. The third kappa shape index (κ3) is 2.07. The molecule has 1 N–H and O–H groups in total. The van der Waals surface area contributed by atoms with Gasteiger partial charge in [0.05, 0.1) is 17.2 Å². The zero-order valence-corrected chi connectivity index (χ0v) is 10.7. The summed E-state index contributed by atoms with van der Waals surface area (Å²) in [6.07, 6.45) is 1.43. The molecule has 0 amide bonds. The molecule has 0 atom stereocenters. The minimum atomic E-state index is -1.16. The Morgan fingerprint density at radius 3 is 2.71 bits per heavy atom. The molecule has 1 aromatic heterocycles.